The van der Waals surface area contributed by atoms with Crippen molar-refractivity contribution in [3.05, 3.63) is 81.0 Å². The van der Waals surface area contributed by atoms with Crippen LogP contribution in [-0.4, -0.2) is 34.3 Å². The second-order valence-electron chi connectivity index (χ2n) is 8.56. The van der Waals surface area contributed by atoms with Gasteiger partial charge in [0, 0.05) is 18.0 Å². The SMILES string of the molecule is CCCCn1c(N)c(N(Cc2ccccc2)C(=O)CN2CCCSc3ccccc32)c(=O)[nH]c1=O. The van der Waals surface area contributed by atoms with Gasteiger partial charge in [-0.05, 0) is 36.3 Å². The van der Waals surface area contributed by atoms with Crippen molar-refractivity contribution in [1.82, 2.24) is 9.55 Å². The Bertz CT molecular complexity index is 1290. The molecule has 1 aromatic heterocycles. The summed E-state index contributed by atoms with van der Waals surface area (Å²) in [5.74, 6) is 0.738. The number of aromatic amines is 1. The van der Waals surface area contributed by atoms with Gasteiger partial charge in [-0.15, -0.1) is 11.8 Å². The Kier molecular flexibility index (Phi) is 7.97. The molecule has 0 bridgehead atoms. The minimum atomic E-state index is -0.656. The topological polar surface area (TPSA) is 104 Å². The van der Waals surface area contributed by atoms with E-state index in [9.17, 15) is 14.4 Å². The summed E-state index contributed by atoms with van der Waals surface area (Å²) < 4.78 is 1.35. The third-order valence-electron chi connectivity index (χ3n) is 6.07. The van der Waals surface area contributed by atoms with Crippen molar-refractivity contribution >= 4 is 34.9 Å². The van der Waals surface area contributed by atoms with E-state index in [-0.39, 0.29) is 30.5 Å². The number of anilines is 3. The molecule has 1 aliphatic heterocycles. The standard InChI is InChI=1S/C26H31N5O3S/c1-2-3-15-30-24(27)23(25(33)28-26(30)34)31(17-19-10-5-4-6-11-19)22(32)18-29-14-9-16-35-21-13-8-7-12-20(21)29/h4-8,10-13H,2-3,9,14-18,27H2,1H3,(H,28,33,34). The van der Waals surface area contributed by atoms with Gasteiger partial charge in [0.1, 0.15) is 5.82 Å². The monoisotopic (exact) mass is 493 g/mol. The number of hydrogen-bond acceptors (Lipinski definition) is 6. The lowest BCUT2D eigenvalue weighted by atomic mass is 10.2. The van der Waals surface area contributed by atoms with Crippen LogP contribution in [0.15, 0.2) is 69.1 Å². The van der Waals surface area contributed by atoms with Gasteiger partial charge in [0.15, 0.2) is 5.69 Å². The Balaban J connectivity index is 1.74. The molecule has 9 heteroatoms. The average molecular weight is 494 g/mol. The number of thioether (sulfide) groups is 1. The lowest BCUT2D eigenvalue weighted by molar-refractivity contribution is -0.117. The van der Waals surface area contributed by atoms with Gasteiger partial charge in [-0.3, -0.25) is 24.0 Å². The number of carbonyl (C=O) groups is 1. The highest BCUT2D eigenvalue weighted by atomic mass is 32.2. The fourth-order valence-corrected chi connectivity index (χ4v) is 5.26. The van der Waals surface area contributed by atoms with Crippen molar-refractivity contribution < 1.29 is 4.79 Å². The number of benzene rings is 2. The minimum Gasteiger partial charge on any atom is -0.383 e. The number of nitrogens with one attached hydrogen (secondary N) is 1. The Labute approximate surface area is 208 Å². The summed E-state index contributed by atoms with van der Waals surface area (Å²) in [6, 6.07) is 17.5. The van der Waals surface area contributed by atoms with Crippen LogP contribution in [0.4, 0.5) is 17.2 Å². The van der Waals surface area contributed by atoms with Crippen LogP contribution in [0.25, 0.3) is 0 Å². The minimum absolute atomic E-state index is 0.0169. The molecule has 2 heterocycles. The zero-order chi connectivity index (χ0) is 24.8. The molecule has 3 N–H and O–H groups in total. The number of nitrogen functional groups attached to an aromatic ring is 1. The van der Waals surface area contributed by atoms with Crippen LogP contribution in [-0.2, 0) is 17.9 Å². The first-order chi connectivity index (χ1) is 17.0. The molecule has 0 atom stereocenters. The van der Waals surface area contributed by atoms with Gasteiger partial charge in [-0.2, -0.15) is 0 Å². The van der Waals surface area contributed by atoms with Crippen molar-refractivity contribution in [3.63, 3.8) is 0 Å². The molecule has 3 aromatic rings. The molecule has 0 fully saturated rings. The van der Waals surface area contributed by atoms with Crippen LogP contribution in [0.5, 0.6) is 0 Å². The number of nitrogens with two attached hydrogens (primary N) is 1. The normalized spacial score (nSPS) is 13.2. The summed E-state index contributed by atoms with van der Waals surface area (Å²) in [5.41, 5.74) is 7.06. The van der Waals surface area contributed by atoms with Crippen molar-refractivity contribution in [3.8, 4) is 0 Å². The number of fused-ring (bicyclic) bond motifs is 1. The molecule has 0 radical (unpaired) electrons. The number of amides is 1. The van der Waals surface area contributed by atoms with Gasteiger partial charge in [0.2, 0.25) is 5.91 Å². The number of aromatic nitrogens is 2. The molecule has 35 heavy (non-hydrogen) atoms. The molecule has 4 rings (SSSR count). The van der Waals surface area contributed by atoms with Gasteiger partial charge in [0.05, 0.1) is 18.8 Å². The summed E-state index contributed by atoms with van der Waals surface area (Å²) in [4.78, 5) is 46.3. The lowest BCUT2D eigenvalue weighted by Crippen LogP contribution is -2.45. The van der Waals surface area contributed by atoms with Crippen molar-refractivity contribution in [2.45, 2.75) is 44.2 Å². The molecule has 0 aliphatic carbocycles. The second kappa shape index (κ2) is 11.3. The molecule has 2 aromatic carbocycles. The number of nitrogens with zero attached hydrogens (tertiary/aromatic N) is 3. The summed E-state index contributed by atoms with van der Waals surface area (Å²) >= 11 is 1.78. The predicted octanol–water partition coefficient (Wildman–Crippen LogP) is 3.45. The van der Waals surface area contributed by atoms with E-state index in [2.05, 4.69) is 16.0 Å². The van der Waals surface area contributed by atoms with Gasteiger partial charge in [0.25, 0.3) is 5.56 Å². The fourth-order valence-electron chi connectivity index (χ4n) is 4.25. The number of rotatable bonds is 8. The van der Waals surface area contributed by atoms with Crippen LogP contribution in [0.2, 0.25) is 0 Å². The van der Waals surface area contributed by atoms with Crippen LogP contribution in [0.1, 0.15) is 31.7 Å². The number of H-pyrrole nitrogens is 1. The first kappa shape index (κ1) is 24.7. The Hall–Kier alpha value is -3.46. The molecule has 0 saturated heterocycles. The summed E-state index contributed by atoms with van der Waals surface area (Å²) in [6.07, 6.45) is 2.53. The van der Waals surface area contributed by atoms with Crippen LogP contribution in [0, 0.1) is 0 Å². The van der Waals surface area contributed by atoms with E-state index in [0.717, 1.165) is 47.7 Å². The summed E-state index contributed by atoms with van der Waals surface area (Å²) in [7, 11) is 0. The molecule has 0 saturated carbocycles. The second-order valence-corrected chi connectivity index (χ2v) is 9.69. The quantitative estimate of drug-likeness (QED) is 0.498. The molecular formula is C26H31N5O3S. The van der Waals surface area contributed by atoms with E-state index in [4.69, 9.17) is 5.73 Å². The zero-order valence-electron chi connectivity index (χ0n) is 19.9. The van der Waals surface area contributed by atoms with Gasteiger partial charge >= 0.3 is 5.69 Å². The highest BCUT2D eigenvalue weighted by molar-refractivity contribution is 7.99. The number of carbonyl (C=O) groups excluding carboxylic acids is 1. The molecule has 0 unspecified atom stereocenters. The first-order valence-corrected chi connectivity index (χ1v) is 12.9. The largest absolute Gasteiger partial charge is 0.383 e. The maximum absolute atomic E-state index is 13.8. The third-order valence-corrected chi connectivity index (χ3v) is 7.21. The zero-order valence-corrected chi connectivity index (χ0v) is 20.7. The van der Waals surface area contributed by atoms with Gasteiger partial charge < -0.3 is 10.6 Å². The first-order valence-electron chi connectivity index (χ1n) is 11.9. The van der Waals surface area contributed by atoms with Crippen LogP contribution < -0.4 is 26.8 Å². The highest BCUT2D eigenvalue weighted by Crippen LogP contribution is 2.33. The average Bonchev–Trinajstić information content (AvgIpc) is 3.06. The third kappa shape index (κ3) is 5.62. The fraction of sp³-hybridized carbons (Fsp3) is 0.346. The van der Waals surface area contributed by atoms with E-state index >= 15 is 0 Å². The van der Waals surface area contributed by atoms with E-state index in [0.29, 0.717) is 6.54 Å². The predicted molar refractivity (Wildman–Crippen MR) is 142 cm³/mol. The highest BCUT2D eigenvalue weighted by Gasteiger charge is 2.27. The van der Waals surface area contributed by atoms with E-state index in [1.54, 1.807) is 11.8 Å². The van der Waals surface area contributed by atoms with Crippen LogP contribution in [0.3, 0.4) is 0 Å². The van der Waals surface area contributed by atoms with Crippen LogP contribution >= 0.6 is 11.8 Å². The molecule has 8 nitrogen and oxygen atoms in total. The Morgan fingerprint density at radius 2 is 1.86 bits per heavy atom. The molecule has 1 amide bonds. The lowest BCUT2D eigenvalue weighted by Gasteiger charge is -2.29. The smallest absolute Gasteiger partial charge is 0.330 e. The molecule has 184 valence electrons. The molecule has 0 spiro atoms. The van der Waals surface area contributed by atoms with Gasteiger partial charge in [-0.25, -0.2) is 4.79 Å². The molecule has 1 aliphatic rings. The number of para-hydroxylation sites is 1. The van der Waals surface area contributed by atoms with Crippen molar-refractivity contribution in [2.75, 3.05) is 34.4 Å². The maximum atomic E-state index is 13.8. The van der Waals surface area contributed by atoms with E-state index in [1.165, 1.54) is 9.47 Å². The van der Waals surface area contributed by atoms with E-state index in [1.807, 2.05) is 55.5 Å². The molecular weight excluding hydrogens is 462 g/mol. The van der Waals surface area contributed by atoms with Gasteiger partial charge in [-0.1, -0.05) is 55.8 Å². The number of unbranched alkanes of at least 4 members (excludes halogenated alkanes) is 1. The summed E-state index contributed by atoms with van der Waals surface area (Å²) in [5, 5.41) is 0. The Morgan fingerprint density at radius 1 is 1.11 bits per heavy atom. The summed E-state index contributed by atoms with van der Waals surface area (Å²) in [6.45, 7) is 3.38. The van der Waals surface area contributed by atoms with Crippen molar-refractivity contribution in [2.24, 2.45) is 0 Å². The number of hydrogen-bond donors (Lipinski definition) is 2. The van der Waals surface area contributed by atoms with Crippen molar-refractivity contribution in [1.29, 1.82) is 0 Å². The Morgan fingerprint density at radius 3 is 2.63 bits per heavy atom. The maximum Gasteiger partial charge on any atom is 0.330 e. The van der Waals surface area contributed by atoms with E-state index < -0.39 is 11.2 Å².